The molecule has 1 saturated heterocycles. The molecule has 2 aliphatic rings. The fourth-order valence-electron chi connectivity index (χ4n) is 3.49. The molecule has 3 rings (SSSR count). The molecule has 2 unspecified atom stereocenters. The molecule has 118 valence electrons. The number of amides is 2. The molecule has 1 aliphatic heterocycles. The van der Waals surface area contributed by atoms with E-state index in [-0.39, 0.29) is 18.4 Å². The SMILES string of the molecule is CN1C(=O)N(CC(=O)c2ccccc2)C(O)C1(C)C1CCC1. The Morgan fingerprint density at radius 2 is 1.95 bits per heavy atom. The zero-order valence-corrected chi connectivity index (χ0v) is 13.0. The number of hydrogen-bond donors (Lipinski definition) is 1. The first kappa shape index (κ1) is 15.0. The number of Topliss-reactive ketones (excluding diaryl/α,β-unsaturated/α-hetero) is 1. The van der Waals surface area contributed by atoms with Gasteiger partial charge in [-0.3, -0.25) is 9.69 Å². The minimum absolute atomic E-state index is 0.0866. The molecule has 1 N–H and O–H groups in total. The van der Waals surface area contributed by atoms with Gasteiger partial charge in [0.2, 0.25) is 0 Å². The van der Waals surface area contributed by atoms with Gasteiger partial charge in [0.1, 0.15) is 0 Å². The van der Waals surface area contributed by atoms with Gasteiger partial charge in [-0.05, 0) is 25.7 Å². The first-order valence-corrected chi connectivity index (χ1v) is 7.77. The lowest BCUT2D eigenvalue weighted by molar-refractivity contribution is -0.0564. The minimum atomic E-state index is -0.942. The zero-order valence-electron chi connectivity index (χ0n) is 13.0. The van der Waals surface area contributed by atoms with Crippen LogP contribution in [0.15, 0.2) is 30.3 Å². The molecular weight excluding hydrogens is 280 g/mol. The summed E-state index contributed by atoms with van der Waals surface area (Å²) in [6.45, 7) is 1.84. The first-order valence-electron chi connectivity index (χ1n) is 7.77. The van der Waals surface area contributed by atoms with Crippen LogP contribution in [0.4, 0.5) is 4.79 Å². The fourth-order valence-corrected chi connectivity index (χ4v) is 3.49. The molecule has 0 radical (unpaired) electrons. The summed E-state index contributed by atoms with van der Waals surface area (Å²) in [6.07, 6.45) is 2.23. The van der Waals surface area contributed by atoms with Crippen LogP contribution >= 0.6 is 0 Å². The van der Waals surface area contributed by atoms with Crippen LogP contribution in [0.2, 0.25) is 0 Å². The van der Waals surface area contributed by atoms with E-state index in [1.165, 1.54) is 4.90 Å². The van der Waals surface area contributed by atoms with Gasteiger partial charge in [-0.2, -0.15) is 0 Å². The number of ketones is 1. The Morgan fingerprint density at radius 3 is 2.50 bits per heavy atom. The summed E-state index contributed by atoms with van der Waals surface area (Å²) in [5, 5.41) is 10.7. The largest absolute Gasteiger partial charge is 0.371 e. The van der Waals surface area contributed by atoms with Crippen molar-refractivity contribution in [1.29, 1.82) is 0 Å². The summed E-state index contributed by atoms with van der Waals surface area (Å²) in [5.74, 6) is 0.146. The van der Waals surface area contributed by atoms with Crippen LogP contribution < -0.4 is 0 Å². The molecule has 5 nitrogen and oxygen atoms in total. The summed E-state index contributed by atoms with van der Waals surface area (Å²) in [5.41, 5.74) is -0.0471. The highest BCUT2D eigenvalue weighted by atomic mass is 16.3. The summed E-state index contributed by atoms with van der Waals surface area (Å²) in [7, 11) is 1.72. The monoisotopic (exact) mass is 302 g/mol. The second-order valence-corrected chi connectivity index (χ2v) is 6.49. The summed E-state index contributed by atoms with van der Waals surface area (Å²) in [6, 6.07) is 8.61. The summed E-state index contributed by atoms with van der Waals surface area (Å²) < 4.78 is 0. The lowest BCUT2D eigenvalue weighted by Gasteiger charge is -2.45. The van der Waals surface area contributed by atoms with Crippen molar-refractivity contribution in [2.24, 2.45) is 5.92 Å². The molecule has 0 spiro atoms. The Kier molecular flexibility index (Phi) is 3.68. The van der Waals surface area contributed by atoms with Gasteiger partial charge in [-0.1, -0.05) is 36.8 Å². The minimum Gasteiger partial charge on any atom is -0.371 e. The van der Waals surface area contributed by atoms with E-state index in [0.717, 1.165) is 19.3 Å². The molecule has 2 amide bonds. The van der Waals surface area contributed by atoms with E-state index in [0.29, 0.717) is 11.5 Å². The Labute approximate surface area is 130 Å². The molecule has 2 fully saturated rings. The smallest absolute Gasteiger partial charge is 0.322 e. The Morgan fingerprint density at radius 1 is 1.32 bits per heavy atom. The predicted molar refractivity (Wildman–Crippen MR) is 82.4 cm³/mol. The molecule has 22 heavy (non-hydrogen) atoms. The lowest BCUT2D eigenvalue weighted by Crippen LogP contribution is -2.55. The van der Waals surface area contributed by atoms with Gasteiger partial charge in [-0.25, -0.2) is 4.79 Å². The van der Waals surface area contributed by atoms with Gasteiger partial charge in [-0.15, -0.1) is 0 Å². The normalized spacial score (nSPS) is 28.9. The van der Waals surface area contributed by atoms with Crippen molar-refractivity contribution in [3.8, 4) is 0 Å². The van der Waals surface area contributed by atoms with Crippen LogP contribution in [-0.2, 0) is 0 Å². The first-order chi connectivity index (χ1) is 10.5. The third kappa shape index (κ3) is 2.11. The molecule has 2 atom stereocenters. The van der Waals surface area contributed by atoms with Gasteiger partial charge in [0.05, 0.1) is 12.1 Å². The number of benzene rings is 1. The number of aliphatic hydroxyl groups is 1. The maximum Gasteiger partial charge on any atom is 0.322 e. The van der Waals surface area contributed by atoms with Crippen molar-refractivity contribution in [2.45, 2.75) is 38.0 Å². The van der Waals surface area contributed by atoms with E-state index in [2.05, 4.69) is 0 Å². The lowest BCUT2D eigenvalue weighted by atomic mass is 9.70. The highest BCUT2D eigenvalue weighted by Crippen LogP contribution is 2.45. The highest BCUT2D eigenvalue weighted by Gasteiger charge is 2.57. The molecule has 1 heterocycles. The Balaban J connectivity index is 1.79. The molecular formula is C17H22N2O3. The Bertz CT molecular complexity index is 585. The van der Waals surface area contributed by atoms with E-state index in [1.54, 1.807) is 36.2 Å². The van der Waals surface area contributed by atoms with Crippen molar-refractivity contribution < 1.29 is 14.7 Å². The number of carbonyl (C=O) groups is 2. The van der Waals surface area contributed by atoms with Gasteiger partial charge in [0.15, 0.2) is 12.0 Å². The number of nitrogens with zero attached hydrogens (tertiary/aromatic N) is 2. The molecule has 5 heteroatoms. The molecule has 1 saturated carbocycles. The van der Waals surface area contributed by atoms with Crippen LogP contribution in [0.5, 0.6) is 0 Å². The molecule has 1 aromatic carbocycles. The van der Waals surface area contributed by atoms with E-state index in [1.807, 2.05) is 13.0 Å². The van der Waals surface area contributed by atoms with Crippen molar-refractivity contribution >= 4 is 11.8 Å². The van der Waals surface area contributed by atoms with E-state index >= 15 is 0 Å². The second-order valence-electron chi connectivity index (χ2n) is 6.49. The average molecular weight is 302 g/mol. The van der Waals surface area contributed by atoms with Crippen LogP contribution in [0.3, 0.4) is 0 Å². The molecule has 0 aromatic heterocycles. The van der Waals surface area contributed by atoms with Crippen LogP contribution in [-0.4, -0.2) is 52.1 Å². The van der Waals surface area contributed by atoms with Crippen molar-refractivity contribution in [1.82, 2.24) is 9.80 Å². The maximum absolute atomic E-state index is 12.5. The number of aliphatic hydroxyl groups excluding tert-OH is 1. The van der Waals surface area contributed by atoms with Crippen LogP contribution in [0.25, 0.3) is 0 Å². The highest BCUT2D eigenvalue weighted by molar-refractivity contribution is 5.99. The third-order valence-electron chi connectivity index (χ3n) is 5.41. The summed E-state index contributed by atoms with van der Waals surface area (Å²) >= 11 is 0. The standard InChI is InChI=1S/C17H22N2O3/c1-17(13-9-6-10-13)15(21)19(16(22)18(17)2)11-14(20)12-7-4-3-5-8-12/h3-5,7-8,13,15,21H,6,9-11H2,1-2H3. The predicted octanol–water partition coefficient (Wildman–Crippen LogP) is 2.11. The van der Waals surface area contributed by atoms with Gasteiger partial charge < -0.3 is 10.0 Å². The summed E-state index contributed by atoms with van der Waals surface area (Å²) in [4.78, 5) is 27.7. The van der Waals surface area contributed by atoms with Crippen molar-refractivity contribution in [2.75, 3.05) is 13.6 Å². The number of likely N-dealkylation sites (N-methyl/N-ethyl adjacent to an activating group) is 1. The van der Waals surface area contributed by atoms with E-state index < -0.39 is 11.8 Å². The second kappa shape index (κ2) is 5.39. The number of urea groups is 1. The number of carbonyl (C=O) groups excluding carboxylic acids is 2. The topological polar surface area (TPSA) is 60.9 Å². The Hall–Kier alpha value is -1.88. The third-order valence-corrected chi connectivity index (χ3v) is 5.41. The number of rotatable bonds is 4. The van der Waals surface area contributed by atoms with Crippen LogP contribution in [0.1, 0.15) is 36.5 Å². The zero-order chi connectivity index (χ0) is 15.9. The molecule has 1 aliphatic carbocycles. The molecule has 0 bridgehead atoms. The van der Waals surface area contributed by atoms with Gasteiger partial charge in [0, 0.05) is 12.6 Å². The van der Waals surface area contributed by atoms with Crippen LogP contribution in [0, 0.1) is 5.92 Å². The average Bonchev–Trinajstić information content (AvgIpc) is 2.62. The van der Waals surface area contributed by atoms with Gasteiger partial charge >= 0.3 is 6.03 Å². The van der Waals surface area contributed by atoms with Gasteiger partial charge in [0.25, 0.3) is 0 Å². The fraction of sp³-hybridized carbons (Fsp3) is 0.529. The maximum atomic E-state index is 12.5. The quantitative estimate of drug-likeness (QED) is 0.867. The van der Waals surface area contributed by atoms with Crippen molar-refractivity contribution in [3.63, 3.8) is 0 Å². The molecule has 1 aromatic rings. The number of hydrogen-bond acceptors (Lipinski definition) is 3. The van der Waals surface area contributed by atoms with E-state index in [4.69, 9.17) is 0 Å². The van der Waals surface area contributed by atoms with E-state index in [9.17, 15) is 14.7 Å². The van der Waals surface area contributed by atoms with Crippen molar-refractivity contribution in [3.05, 3.63) is 35.9 Å².